The second kappa shape index (κ2) is 6.06. The third kappa shape index (κ3) is 2.76. The summed E-state index contributed by atoms with van der Waals surface area (Å²) in [6.45, 7) is 2.02. The van der Waals surface area contributed by atoms with Crippen molar-refractivity contribution in [2.45, 2.75) is 6.92 Å². The average molecular weight is 325 g/mol. The molecule has 0 spiro atoms. The molecule has 2 heteroatoms. The fraction of sp³-hybridized carbons (Fsp3) is 0.0870. The summed E-state index contributed by atoms with van der Waals surface area (Å²) in [5, 5.41) is 2.49. The molecule has 4 aromatic rings. The number of carbonyl (C=O) groups is 1. The van der Waals surface area contributed by atoms with Crippen molar-refractivity contribution in [2.24, 2.45) is 7.05 Å². The lowest BCUT2D eigenvalue weighted by Gasteiger charge is -2.00. The van der Waals surface area contributed by atoms with E-state index in [0.717, 1.165) is 11.1 Å². The van der Waals surface area contributed by atoms with Crippen molar-refractivity contribution < 1.29 is 4.79 Å². The van der Waals surface area contributed by atoms with Gasteiger partial charge in [-0.15, -0.1) is 0 Å². The van der Waals surface area contributed by atoms with Crippen molar-refractivity contribution in [1.29, 1.82) is 0 Å². The number of benzene rings is 3. The van der Waals surface area contributed by atoms with E-state index in [1.165, 1.54) is 21.8 Å². The lowest BCUT2D eigenvalue weighted by Crippen LogP contribution is -1.93. The maximum atomic E-state index is 12.3. The molecule has 122 valence electrons. The molecule has 0 amide bonds. The minimum atomic E-state index is 0.0251. The van der Waals surface area contributed by atoms with Gasteiger partial charge in [-0.2, -0.15) is 0 Å². The van der Waals surface area contributed by atoms with E-state index in [4.69, 9.17) is 0 Å². The van der Waals surface area contributed by atoms with Gasteiger partial charge < -0.3 is 4.57 Å². The molecule has 0 radical (unpaired) electrons. The summed E-state index contributed by atoms with van der Waals surface area (Å²) < 4.78 is 2.20. The highest BCUT2D eigenvalue weighted by atomic mass is 16.1. The van der Waals surface area contributed by atoms with E-state index in [1.807, 2.05) is 37.3 Å². The van der Waals surface area contributed by atoms with Crippen LogP contribution in [0, 0.1) is 6.92 Å². The van der Waals surface area contributed by atoms with Gasteiger partial charge in [0.1, 0.15) is 0 Å². The summed E-state index contributed by atoms with van der Waals surface area (Å²) in [5.41, 5.74) is 5.29. The first-order valence-corrected chi connectivity index (χ1v) is 8.40. The summed E-state index contributed by atoms with van der Waals surface area (Å²) in [6.07, 6.45) is 3.54. The molecule has 0 saturated carbocycles. The molecule has 2 nitrogen and oxygen atoms in total. The van der Waals surface area contributed by atoms with Crippen molar-refractivity contribution in [3.8, 4) is 0 Å². The van der Waals surface area contributed by atoms with Crippen LogP contribution in [0.3, 0.4) is 0 Å². The van der Waals surface area contributed by atoms with Crippen LogP contribution in [0.25, 0.3) is 27.9 Å². The Balaban J connectivity index is 1.70. The van der Waals surface area contributed by atoms with Gasteiger partial charge in [-0.05, 0) is 30.7 Å². The Hall–Kier alpha value is -3.13. The number of hydrogen-bond donors (Lipinski definition) is 0. The first-order chi connectivity index (χ1) is 12.1. The molecule has 0 atom stereocenters. The van der Waals surface area contributed by atoms with Gasteiger partial charge in [-0.3, -0.25) is 4.79 Å². The van der Waals surface area contributed by atoms with Crippen LogP contribution in [0.15, 0.2) is 72.8 Å². The summed E-state index contributed by atoms with van der Waals surface area (Å²) in [4.78, 5) is 12.3. The van der Waals surface area contributed by atoms with Gasteiger partial charge >= 0.3 is 0 Å². The van der Waals surface area contributed by atoms with E-state index < -0.39 is 0 Å². The molecule has 4 rings (SSSR count). The highest BCUT2D eigenvalue weighted by Gasteiger charge is 2.07. The average Bonchev–Trinajstić information content (AvgIpc) is 2.93. The van der Waals surface area contributed by atoms with Gasteiger partial charge in [0.25, 0.3) is 0 Å². The molecular formula is C23H19NO. The molecule has 1 heterocycles. The van der Waals surface area contributed by atoms with Crippen LogP contribution in [0.4, 0.5) is 0 Å². The number of hydrogen-bond acceptors (Lipinski definition) is 1. The van der Waals surface area contributed by atoms with Gasteiger partial charge in [0.15, 0.2) is 5.78 Å². The zero-order chi connectivity index (χ0) is 17.4. The van der Waals surface area contributed by atoms with Crippen LogP contribution in [-0.4, -0.2) is 10.4 Å². The summed E-state index contributed by atoms with van der Waals surface area (Å²) in [7, 11) is 2.08. The Kier molecular flexibility index (Phi) is 3.73. The predicted molar refractivity (Wildman–Crippen MR) is 105 cm³/mol. The topological polar surface area (TPSA) is 22.0 Å². The van der Waals surface area contributed by atoms with Crippen molar-refractivity contribution >= 4 is 33.7 Å². The minimum absolute atomic E-state index is 0.0251. The summed E-state index contributed by atoms with van der Waals surface area (Å²) in [6, 6.07) is 22.4. The number of aryl methyl sites for hydroxylation is 2. The number of para-hydroxylation sites is 1. The normalized spacial score (nSPS) is 11.6. The van der Waals surface area contributed by atoms with Gasteiger partial charge in [0, 0.05) is 34.4 Å². The zero-order valence-electron chi connectivity index (χ0n) is 14.4. The molecule has 0 N–H and O–H groups in total. The minimum Gasteiger partial charge on any atom is -0.344 e. The summed E-state index contributed by atoms with van der Waals surface area (Å²) >= 11 is 0. The fourth-order valence-electron chi connectivity index (χ4n) is 3.27. The van der Waals surface area contributed by atoms with E-state index in [1.54, 1.807) is 6.08 Å². The molecule has 0 aliphatic carbocycles. The molecule has 0 fully saturated rings. The maximum absolute atomic E-state index is 12.3. The molecule has 0 aliphatic heterocycles. The molecule has 0 aliphatic rings. The fourth-order valence-corrected chi connectivity index (χ4v) is 3.27. The first kappa shape index (κ1) is 15.4. The quantitative estimate of drug-likeness (QED) is 0.358. The number of aromatic nitrogens is 1. The third-order valence-electron chi connectivity index (χ3n) is 4.70. The highest BCUT2D eigenvalue weighted by Crippen LogP contribution is 2.28. The van der Waals surface area contributed by atoms with Gasteiger partial charge in [0.05, 0.1) is 0 Å². The van der Waals surface area contributed by atoms with Crippen LogP contribution in [-0.2, 0) is 7.05 Å². The Morgan fingerprint density at radius 1 is 0.880 bits per heavy atom. The van der Waals surface area contributed by atoms with Crippen LogP contribution in [0.5, 0.6) is 0 Å². The second-order valence-electron chi connectivity index (χ2n) is 6.42. The Morgan fingerprint density at radius 3 is 2.40 bits per heavy atom. The lowest BCUT2D eigenvalue weighted by atomic mass is 10.1. The molecule has 0 saturated heterocycles. The zero-order valence-corrected chi connectivity index (χ0v) is 14.4. The van der Waals surface area contributed by atoms with E-state index in [0.29, 0.717) is 5.56 Å². The van der Waals surface area contributed by atoms with E-state index >= 15 is 0 Å². The lowest BCUT2D eigenvalue weighted by molar-refractivity contribution is 0.104. The smallest absolute Gasteiger partial charge is 0.185 e. The number of allylic oxidation sites excluding steroid dienone is 1. The van der Waals surface area contributed by atoms with Crippen LogP contribution >= 0.6 is 0 Å². The maximum Gasteiger partial charge on any atom is 0.185 e. The van der Waals surface area contributed by atoms with Crippen LogP contribution in [0.1, 0.15) is 21.5 Å². The molecule has 3 aromatic carbocycles. The van der Waals surface area contributed by atoms with Crippen LogP contribution < -0.4 is 0 Å². The van der Waals surface area contributed by atoms with E-state index in [-0.39, 0.29) is 5.78 Å². The Morgan fingerprint density at radius 2 is 1.60 bits per heavy atom. The third-order valence-corrected chi connectivity index (χ3v) is 4.70. The first-order valence-electron chi connectivity index (χ1n) is 8.40. The monoisotopic (exact) mass is 325 g/mol. The van der Waals surface area contributed by atoms with Gasteiger partial charge in [-0.1, -0.05) is 66.2 Å². The van der Waals surface area contributed by atoms with E-state index in [9.17, 15) is 4.79 Å². The van der Waals surface area contributed by atoms with Gasteiger partial charge in [0.2, 0.25) is 0 Å². The Labute approximate surface area is 147 Å². The second-order valence-corrected chi connectivity index (χ2v) is 6.42. The molecule has 1 aromatic heterocycles. The van der Waals surface area contributed by atoms with E-state index in [2.05, 4.69) is 54.1 Å². The number of carbonyl (C=O) groups excluding carboxylic acids is 1. The van der Waals surface area contributed by atoms with Crippen LogP contribution in [0.2, 0.25) is 0 Å². The molecular weight excluding hydrogens is 306 g/mol. The van der Waals surface area contributed by atoms with Crippen molar-refractivity contribution in [2.75, 3.05) is 0 Å². The number of nitrogens with zero attached hydrogens (tertiary/aromatic N) is 1. The summed E-state index contributed by atoms with van der Waals surface area (Å²) in [5.74, 6) is 0.0251. The predicted octanol–water partition coefficient (Wildman–Crippen LogP) is 5.54. The number of ketones is 1. The standard InChI is InChI=1S/C23H19NO/c1-16-7-11-18(12-8-16)23(25)14-10-17-9-13-20-19-5-3-4-6-21(19)24(2)22(20)15-17/h3-15H,1-2H3. The SMILES string of the molecule is Cc1ccc(C(=O)C=Cc2ccc3c4ccccc4n(C)c3c2)cc1. The van der Waals surface area contributed by atoms with Gasteiger partial charge in [-0.25, -0.2) is 0 Å². The highest BCUT2D eigenvalue weighted by molar-refractivity contribution is 6.09. The molecule has 0 unspecified atom stereocenters. The number of rotatable bonds is 3. The largest absolute Gasteiger partial charge is 0.344 e. The van der Waals surface area contributed by atoms with Crippen molar-refractivity contribution in [3.63, 3.8) is 0 Å². The molecule has 0 bridgehead atoms. The molecule has 25 heavy (non-hydrogen) atoms. The van der Waals surface area contributed by atoms with Crippen molar-refractivity contribution in [3.05, 3.63) is 89.5 Å². The number of fused-ring (bicyclic) bond motifs is 3. The Bertz CT molecular complexity index is 1110. The van der Waals surface area contributed by atoms with Crippen molar-refractivity contribution in [1.82, 2.24) is 4.57 Å².